The molecule has 0 unspecified atom stereocenters. The van der Waals surface area contributed by atoms with Gasteiger partial charge >= 0.3 is 0 Å². The molecule has 168 valence electrons. The number of rotatable bonds is 7. The number of methoxy groups -OCH3 is 1. The quantitative estimate of drug-likeness (QED) is 0.648. The molecule has 30 heavy (non-hydrogen) atoms. The van der Waals surface area contributed by atoms with Crippen molar-refractivity contribution >= 4 is 16.1 Å². The predicted molar refractivity (Wildman–Crippen MR) is 115 cm³/mol. The van der Waals surface area contributed by atoms with Gasteiger partial charge in [0, 0.05) is 59.6 Å². The number of hydrogen-bond acceptors (Lipinski definition) is 5. The number of carbonyl (C=O) groups excluding carboxylic acids is 1. The Kier molecular flexibility index (Phi) is 7.73. The summed E-state index contributed by atoms with van der Waals surface area (Å²) in [6, 6.07) is 7.27. The first-order chi connectivity index (χ1) is 14.3. The van der Waals surface area contributed by atoms with Crippen molar-refractivity contribution in [2.24, 2.45) is 5.92 Å². The van der Waals surface area contributed by atoms with Gasteiger partial charge in [-0.05, 0) is 55.9 Å². The highest BCUT2D eigenvalue weighted by atomic mass is 32.2. The van der Waals surface area contributed by atoms with E-state index in [1.807, 2.05) is 29.2 Å². The van der Waals surface area contributed by atoms with E-state index in [0.29, 0.717) is 43.2 Å². The standard InChI is InChI=1S/C21H33N3O5S/c1-22(2)30(26,27)24-14-10-20(11-15-24)29-19-6-4-18(5-7-19)21(25)23-12-8-17(9-13-23)16-28-3/h4-7,17,20H,8-16H2,1-3H3. The third-order valence-corrected chi connectivity index (χ3v) is 7.84. The van der Waals surface area contributed by atoms with Crippen molar-refractivity contribution in [2.45, 2.75) is 31.8 Å². The van der Waals surface area contributed by atoms with Crippen LogP contribution < -0.4 is 4.74 Å². The van der Waals surface area contributed by atoms with Crippen molar-refractivity contribution in [3.05, 3.63) is 29.8 Å². The van der Waals surface area contributed by atoms with E-state index < -0.39 is 10.2 Å². The van der Waals surface area contributed by atoms with E-state index in [2.05, 4.69) is 0 Å². The molecule has 0 aromatic heterocycles. The largest absolute Gasteiger partial charge is 0.490 e. The van der Waals surface area contributed by atoms with Gasteiger partial charge in [-0.3, -0.25) is 4.79 Å². The molecule has 0 aliphatic carbocycles. The zero-order valence-corrected chi connectivity index (χ0v) is 18.9. The molecule has 3 rings (SSSR count). The first kappa shape index (κ1) is 23.0. The second kappa shape index (κ2) is 10.1. The van der Waals surface area contributed by atoms with Crippen molar-refractivity contribution in [1.82, 2.24) is 13.5 Å². The lowest BCUT2D eigenvalue weighted by molar-refractivity contribution is 0.0613. The van der Waals surface area contributed by atoms with Crippen LogP contribution in [0.4, 0.5) is 0 Å². The molecule has 0 N–H and O–H groups in total. The molecule has 2 heterocycles. The Morgan fingerprint density at radius 3 is 2.17 bits per heavy atom. The van der Waals surface area contributed by atoms with Crippen LogP contribution in [-0.2, 0) is 14.9 Å². The summed E-state index contributed by atoms with van der Waals surface area (Å²) >= 11 is 0. The van der Waals surface area contributed by atoms with E-state index in [4.69, 9.17) is 9.47 Å². The molecule has 0 saturated carbocycles. The average Bonchev–Trinajstić information content (AvgIpc) is 2.75. The van der Waals surface area contributed by atoms with E-state index in [1.54, 1.807) is 21.2 Å². The van der Waals surface area contributed by atoms with Gasteiger partial charge in [0.2, 0.25) is 0 Å². The fourth-order valence-electron chi connectivity index (χ4n) is 4.00. The highest BCUT2D eigenvalue weighted by Crippen LogP contribution is 2.23. The van der Waals surface area contributed by atoms with E-state index >= 15 is 0 Å². The van der Waals surface area contributed by atoms with Crippen LogP contribution in [0.15, 0.2) is 24.3 Å². The molecule has 0 atom stereocenters. The number of nitrogens with zero attached hydrogens (tertiary/aromatic N) is 3. The van der Waals surface area contributed by atoms with Crippen molar-refractivity contribution in [3.63, 3.8) is 0 Å². The lowest BCUT2D eigenvalue weighted by Gasteiger charge is -2.33. The molecule has 1 aromatic carbocycles. The van der Waals surface area contributed by atoms with Crippen LogP contribution in [0.1, 0.15) is 36.0 Å². The maximum atomic E-state index is 12.7. The first-order valence-electron chi connectivity index (χ1n) is 10.5. The molecule has 1 aromatic rings. The van der Waals surface area contributed by atoms with E-state index in [9.17, 15) is 13.2 Å². The van der Waals surface area contributed by atoms with Crippen molar-refractivity contribution in [2.75, 3.05) is 54.0 Å². The van der Waals surface area contributed by atoms with Gasteiger partial charge in [-0.15, -0.1) is 0 Å². The highest BCUT2D eigenvalue weighted by Gasteiger charge is 2.30. The van der Waals surface area contributed by atoms with Crippen LogP contribution in [0, 0.1) is 5.92 Å². The van der Waals surface area contributed by atoms with Gasteiger partial charge < -0.3 is 14.4 Å². The number of amides is 1. The summed E-state index contributed by atoms with van der Waals surface area (Å²) in [5, 5.41) is 0. The molecule has 8 nitrogen and oxygen atoms in total. The van der Waals surface area contributed by atoms with E-state index in [1.165, 1.54) is 8.61 Å². The number of ether oxygens (including phenoxy) is 2. The summed E-state index contributed by atoms with van der Waals surface area (Å²) in [4.78, 5) is 14.6. The molecule has 2 aliphatic heterocycles. The third kappa shape index (κ3) is 5.51. The molecular formula is C21H33N3O5S. The monoisotopic (exact) mass is 439 g/mol. The molecule has 1 amide bonds. The Hall–Kier alpha value is -1.68. The van der Waals surface area contributed by atoms with Crippen molar-refractivity contribution in [1.29, 1.82) is 0 Å². The van der Waals surface area contributed by atoms with E-state index in [-0.39, 0.29) is 12.0 Å². The molecule has 2 aliphatic rings. The molecular weight excluding hydrogens is 406 g/mol. The van der Waals surface area contributed by atoms with Gasteiger partial charge in [0.15, 0.2) is 0 Å². The lowest BCUT2D eigenvalue weighted by Crippen LogP contribution is -2.46. The van der Waals surface area contributed by atoms with Gasteiger partial charge in [-0.1, -0.05) is 0 Å². The van der Waals surface area contributed by atoms with Gasteiger partial charge in [-0.25, -0.2) is 0 Å². The second-order valence-electron chi connectivity index (χ2n) is 8.22. The van der Waals surface area contributed by atoms with Gasteiger partial charge in [0.1, 0.15) is 11.9 Å². The summed E-state index contributed by atoms with van der Waals surface area (Å²) < 4.78 is 38.4. The Morgan fingerprint density at radius 2 is 1.63 bits per heavy atom. The van der Waals surface area contributed by atoms with Crippen molar-refractivity contribution < 1.29 is 22.7 Å². The van der Waals surface area contributed by atoms with Gasteiger partial charge in [0.05, 0.1) is 0 Å². The Bertz CT molecular complexity index is 796. The SMILES string of the molecule is COCC1CCN(C(=O)c2ccc(OC3CCN(S(=O)(=O)N(C)C)CC3)cc2)CC1. The summed E-state index contributed by atoms with van der Waals surface area (Å²) in [6.45, 7) is 3.18. The van der Waals surface area contributed by atoms with Crippen LogP contribution in [-0.4, -0.2) is 87.9 Å². The number of benzene rings is 1. The first-order valence-corrected chi connectivity index (χ1v) is 11.9. The summed E-state index contributed by atoms with van der Waals surface area (Å²) in [7, 11) is 1.44. The zero-order valence-electron chi connectivity index (χ0n) is 18.1. The molecule has 9 heteroatoms. The predicted octanol–water partition coefficient (Wildman–Crippen LogP) is 1.83. The smallest absolute Gasteiger partial charge is 0.281 e. The van der Waals surface area contributed by atoms with E-state index in [0.717, 1.165) is 32.5 Å². The Labute approximate surface area is 179 Å². The normalized spacial score (nSPS) is 19.9. The fraction of sp³-hybridized carbons (Fsp3) is 0.667. The number of likely N-dealkylation sites (tertiary alicyclic amines) is 1. The average molecular weight is 440 g/mol. The minimum Gasteiger partial charge on any atom is -0.490 e. The topological polar surface area (TPSA) is 79.4 Å². The summed E-state index contributed by atoms with van der Waals surface area (Å²) in [6.07, 6.45) is 3.21. The van der Waals surface area contributed by atoms with Crippen LogP contribution in [0.2, 0.25) is 0 Å². The van der Waals surface area contributed by atoms with Crippen molar-refractivity contribution in [3.8, 4) is 5.75 Å². The van der Waals surface area contributed by atoms with Gasteiger partial charge in [-0.2, -0.15) is 17.0 Å². The van der Waals surface area contributed by atoms with Gasteiger partial charge in [0.25, 0.3) is 16.1 Å². The zero-order chi connectivity index (χ0) is 21.7. The minimum atomic E-state index is -3.37. The Morgan fingerprint density at radius 1 is 1.03 bits per heavy atom. The molecule has 2 fully saturated rings. The number of piperidine rings is 2. The summed E-state index contributed by atoms with van der Waals surface area (Å²) in [5.74, 6) is 1.30. The van der Waals surface area contributed by atoms with Crippen LogP contribution in [0.25, 0.3) is 0 Å². The number of hydrogen-bond donors (Lipinski definition) is 0. The highest BCUT2D eigenvalue weighted by molar-refractivity contribution is 7.86. The second-order valence-corrected chi connectivity index (χ2v) is 10.4. The maximum absolute atomic E-state index is 12.7. The fourth-order valence-corrected chi connectivity index (χ4v) is 5.14. The lowest BCUT2D eigenvalue weighted by atomic mass is 9.97. The third-order valence-electron chi connectivity index (χ3n) is 5.90. The molecule has 0 radical (unpaired) electrons. The van der Waals surface area contributed by atoms with Crippen LogP contribution in [0.3, 0.4) is 0 Å². The summed E-state index contributed by atoms with van der Waals surface area (Å²) in [5.41, 5.74) is 0.666. The van der Waals surface area contributed by atoms with Crippen LogP contribution in [0.5, 0.6) is 5.75 Å². The minimum absolute atomic E-state index is 0.0278. The molecule has 0 bridgehead atoms. The molecule has 0 spiro atoms. The molecule has 2 saturated heterocycles. The Balaban J connectivity index is 1.49. The number of carbonyl (C=O) groups is 1. The maximum Gasteiger partial charge on any atom is 0.281 e. The van der Waals surface area contributed by atoms with Crippen LogP contribution >= 0.6 is 0 Å².